The summed E-state index contributed by atoms with van der Waals surface area (Å²) in [6.45, 7) is 4.39. The summed E-state index contributed by atoms with van der Waals surface area (Å²) < 4.78 is 17.0. The van der Waals surface area contributed by atoms with Crippen molar-refractivity contribution in [2.45, 2.75) is 25.6 Å². The van der Waals surface area contributed by atoms with Gasteiger partial charge < -0.3 is 9.12 Å². The van der Waals surface area contributed by atoms with Crippen LogP contribution in [-0.4, -0.2) is 19.4 Å². The molecule has 0 aliphatic carbocycles. The molecule has 0 saturated carbocycles. The van der Waals surface area contributed by atoms with Crippen LogP contribution in [0, 0.1) is 0 Å². The first-order valence-electron chi connectivity index (χ1n) is 7.79. The number of hydrogen-bond donors (Lipinski definition) is 1. The first-order valence-corrected chi connectivity index (χ1v) is 9.38. The average Bonchev–Trinajstić information content (AvgIpc) is 2.89. The SMILES string of the molecule is CC(C)[S+]([O-])NCc1cncc(-c2cc3ccc(Cl)cc3n2C)c1. The van der Waals surface area contributed by atoms with E-state index in [1.165, 1.54) is 0 Å². The topological polar surface area (TPSA) is 52.9 Å². The summed E-state index contributed by atoms with van der Waals surface area (Å²) in [4.78, 5) is 4.33. The molecule has 6 heteroatoms. The van der Waals surface area contributed by atoms with Gasteiger partial charge in [0.25, 0.3) is 0 Å². The number of aryl methyl sites for hydroxylation is 1. The predicted octanol–water partition coefficient (Wildman–Crippen LogP) is 4.06. The summed E-state index contributed by atoms with van der Waals surface area (Å²) in [6, 6.07) is 10.1. The molecule has 126 valence electrons. The zero-order chi connectivity index (χ0) is 17.3. The van der Waals surface area contributed by atoms with E-state index in [4.69, 9.17) is 11.6 Å². The minimum absolute atomic E-state index is 0.0871. The first-order chi connectivity index (χ1) is 11.5. The molecule has 1 N–H and O–H groups in total. The Kier molecular flexibility index (Phi) is 5.15. The van der Waals surface area contributed by atoms with Gasteiger partial charge in [0.2, 0.25) is 0 Å². The molecular formula is C18H20ClN3OS. The summed E-state index contributed by atoms with van der Waals surface area (Å²) in [7, 11) is 2.02. The van der Waals surface area contributed by atoms with Crippen molar-refractivity contribution in [3.8, 4) is 11.3 Å². The molecule has 1 atom stereocenters. The second-order valence-electron chi connectivity index (χ2n) is 6.04. The Morgan fingerprint density at radius 3 is 2.79 bits per heavy atom. The van der Waals surface area contributed by atoms with Gasteiger partial charge in [0.1, 0.15) is 5.25 Å². The molecule has 0 aliphatic heterocycles. The summed E-state index contributed by atoms with van der Waals surface area (Å²) in [5.41, 5.74) is 4.19. The maximum absolute atomic E-state index is 11.8. The van der Waals surface area contributed by atoms with Crippen molar-refractivity contribution in [3.05, 3.63) is 53.3 Å². The van der Waals surface area contributed by atoms with Gasteiger partial charge in [-0.15, -0.1) is 4.72 Å². The van der Waals surface area contributed by atoms with Crippen LogP contribution in [0.2, 0.25) is 5.02 Å². The Bertz CT molecular complexity index is 863. The minimum Gasteiger partial charge on any atom is -0.598 e. The molecule has 3 rings (SSSR count). The lowest BCUT2D eigenvalue weighted by atomic mass is 10.1. The molecule has 2 aromatic heterocycles. The minimum atomic E-state index is -1.04. The van der Waals surface area contributed by atoms with Gasteiger partial charge in [0, 0.05) is 52.3 Å². The number of nitrogens with one attached hydrogen (secondary N) is 1. The van der Waals surface area contributed by atoms with E-state index in [0.717, 1.165) is 32.7 Å². The molecule has 0 amide bonds. The van der Waals surface area contributed by atoms with E-state index in [-0.39, 0.29) is 5.25 Å². The van der Waals surface area contributed by atoms with Crippen molar-refractivity contribution in [2.75, 3.05) is 0 Å². The molecule has 1 unspecified atom stereocenters. The van der Waals surface area contributed by atoms with Gasteiger partial charge in [0.15, 0.2) is 0 Å². The Balaban J connectivity index is 1.90. The molecule has 2 heterocycles. The summed E-state index contributed by atoms with van der Waals surface area (Å²) in [5.74, 6) is 0. The highest BCUT2D eigenvalue weighted by Crippen LogP contribution is 2.29. The third-order valence-electron chi connectivity index (χ3n) is 3.94. The quantitative estimate of drug-likeness (QED) is 0.697. The molecule has 0 spiro atoms. The second-order valence-corrected chi connectivity index (χ2v) is 8.30. The van der Waals surface area contributed by atoms with Crippen molar-refractivity contribution >= 4 is 33.9 Å². The van der Waals surface area contributed by atoms with Crippen LogP contribution in [-0.2, 0) is 25.0 Å². The third-order valence-corrected chi connectivity index (χ3v) is 5.47. The van der Waals surface area contributed by atoms with Crippen LogP contribution < -0.4 is 4.72 Å². The van der Waals surface area contributed by atoms with Crippen molar-refractivity contribution in [1.82, 2.24) is 14.3 Å². The average molecular weight is 362 g/mol. The number of aromatic nitrogens is 2. The number of pyridine rings is 1. The molecule has 0 saturated heterocycles. The van der Waals surface area contributed by atoms with Crippen LogP contribution in [0.15, 0.2) is 42.7 Å². The Hall–Kier alpha value is -1.53. The van der Waals surface area contributed by atoms with Crippen LogP contribution in [0.25, 0.3) is 22.2 Å². The Labute approximate surface area is 150 Å². The number of nitrogens with zero attached hydrogens (tertiary/aromatic N) is 2. The fourth-order valence-corrected chi connectivity index (χ4v) is 3.43. The lowest BCUT2D eigenvalue weighted by Crippen LogP contribution is -2.30. The van der Waals surface area contributed by atoms with E-state index < -0.39 is 11.4 Å². The van der Waals surface area contributed by atoms with Gasteiger partial charge in [-0.3, -0.25) is 4.98 Å². The highest BCUT2D eigenvalue weighted by atomic mass is 35.5. The standard InChI is InChI=1S/C18H20ClN3OS/c1-12(2)24(23)21-10-13-6-15(11-20-9-13)17-7-14-4-5-16(19)8-18(14)22(17)3/h4-9,11-12,21H,10H2,1-3H3. The van der Waals surface area contributed by atoms with Crippen molar-refractivity contribution in [2.24, 2.45) is 7.05 Å². The van der Waals surface area contributed by atoms with Crippen molar-refractivity contribution < 1.29 is 4.55 Å². The van der Waals surface area contributed by atoms with E-state index in [0.29, 0.717) is 6.54 Å². The molecule has 0 aliphatic rings. The fourth-order valence-electron chi connectivity index (χ4n) is 2.63. The van der Waals surface area contributed by atoms with E-state index in [1.807, 2.05) is 45.3 Å². The van der Waals surface area contributed by atoms with Gasteiger partial charge in [-0.2, -0.15) is 0 Å². The van der Waals surface area contributed by atoms with Crippen LogP contribution >= 0.6 is 11.6 Å². The van der Waals surface area contributed by atoms with Gasteiger partial charge in [-0.25, -0.2) is 0 Å². The van der Waals surface area contributed by atoms with Crippen LogP contribution in [0.1, 0.15) is 19.4 Å². The zero-order valence-corrected chi connectivity index (χ0v) is 15.5. The lowest BCUT2D eigenvalue weighted by Gasteiger charge is -2.14. The number of halogens is 1. The van der Waals surface area contributed by atoms with Gasteiger partial charge in [0.05, 0.1) is 12.2 Å². The molecule has 0 fully saturated rings. The van der Waals surface area contributed by atoms with Gasteiger partial charge in [-0.1, -0.05) is 17.7 Å². The molecule has 3 aromatic rings. The largest absolute Gasteiger partial charge is 0.598 e. The zero-order valence-electron chi connectivity index (χ0n) is 13.9. The highest BCUT2D eigenvalue weighted by molar-refractivity contribution is 7.90. The van der Waals surface area contributed by atoms with Crippen LogP contribution in [0.5, 0.6) is 0 Å². The van der Waals surface area contributed by atoms with Crippen molar-refractivity contribution in [3.63, 3.8) is 0 Å². The maximum atomic E-state index is 11.8. The lowest BCUT2D eigenvalue weighted by molar-refractivity contribution is 0.571. The molecule has 0 radical (unpaired) electrons. The van der Waals surface area contributed by atoms with Crippen LogP contribution in [0.4, 0.5) is 0 Å². The molecule has 0 bridgehead atoms. The third kappa shape index (κ3) is 3.59. The Morgan fingerprint density at radius 2 is 2.04 bits per heavy atom. The van der Waals surface area contributed by atoms with Gasteiger partial charge in [-0.05, 0) is 43.7 Å². The number of fused-ring (bicyclic) bond motifs is 1. The molecule has 24 heavy (non-hydrogen) atoms. The molecular weight excluding hydrogens is 342 g/mol. The first kappa shape index (κ1) is 17.3. The number of hydrogen-bond acceptors (Lipinski definition) is 3. The van der Waals surface area contributed by atoms with E-state index in [1.54, 1.807) is 6.20 Å². The van der Waals surface area contributed by atoms with E-state index >= 15 is 0 Å². The van der Waals surface area contributed by atoms with E-state index in [2.05, 4.69) is 26.4 Å². The van der Waals surface area contributed by atoms with Crippen molar-refractivity contribution in [1.29, 1.82) is 0 Å². The Morgan fingerprint density at radius 1 is 1.25 bits per heavy atom. The van der Waals surface area contributed by atoms with E-state index in [9.17, 15) is 4.55 Å². The second kappa shape index (κ2) is 7.15. The molecule has 1 aromatic carbocycles. The van der Waals surface area contributed by atoms with Gasteiger partial charge >= 0.3 is 0 Å². The van der Waals surface area contributed by atoms with Crippen LogP contribution in [0.3, 0.4) is 0 Å². The summed E-state index contributed by atoms with van der Waals surface area (Å²) >= 11 is 5.06. The highest BCUT2D eigenvalue weighted by Gasteiger charge is 2.13. The molecule has 4 nitrogen and oxygen atoms in total. The summed E-state index contributed by atoms with van der Waals surface area (Å²) in [6.07, 6.45) is 3.65. The summed E-state index contributed by atoms with van der Waals surface area (Å²) in [5, 5.41) is 1.95. The maximum Gasteiger partial charge on any atom is 0.129 e. The number of benzene rings is 1. The number of rotatable bonds is 5. The monoisotopic (exact) mass is 361 g/mol. The normalized spacial score (nSPS) is 12.9. The smallest absolute Gasteiger partial charge is 0.129 e. The predicted molar refractivity (Wildman–Crippen MR) is 101 cm³/mol. The fraction of sp³-hybridized carbons (Fsp3) is 0.278.